The average molecular weight is 97.2 g/mol. The van der Waals surface area contributed by atoms with Crippen LogP contribution in [0.2, 0.25) is 0 Å². The van der Waals surface area contributed by atoms with Gasteiger partial charge in [-0.05, 0) is 0 Å². The molecule has 0 aliphatic heterocycles. The molecule has 0 atom stereocenters. The SMILES string of the molecule is C[N-]C.C[N-]C.[Be+2]. The van der Waals surface area contributed by atoms with E-state index in [2.05, 4.69) is 10.6 Å². The van der Waals surface area contributed by atoms with Crippen molar-refractivity contribution in [1.29, 1.82) is 0 Å². The molecule has 0 aromatic heterocycles. The van der Waals surface area contributed by atoms with E-state index >= 15 is 0 Å². The Balaban J connectivity index is -0.0000000400. The normalized spacial score (nSPS) is 5.14. The first kappa shape index (κ1) is 15.7. The molecule has 2 nitrogen and oxygen atoms in total. The molecule has 0 radical (unpaired) electrons. The van der Waals surface area contributed by atoms with Crippen molar-refractivity contribution in [2.45, 2.75) is 0 Å². The first-order chi connectivity index (χ1) is 2.83. The zero-order valence-electron chi connectivity index (χ0n) is 5.60. The van der Waals surface area contributed by atoms with E-state index in [0.717, 1.165) is 0 Å². The Labute approximate surface area is 49.9 Å². The van der Waals surface area contributed by atoms with Gasteiger partial charge in [0.1, 0.15) is 0 Å². The molecule has 0 amide bonds. The van der Waals surface area contributed by atoms with E-state index < -0.39 is 0 Å². The molecule has 0 aliphatic rings. The largest absolute Gasteiger partial charge is 2.00 e. The van der Waals surface area contributed by atoms with Crippen LogP contribution in [0.25, 0.3) is 10.6 Å². The monoisotopic (exact) mass is 97.1 g/mol. The minimum Gasteiger partial charge on any atom is -0.668 e. The van der Waals surface area contributed by atoms with Crippen molar-refractivity contribution in [3.05, 3.63) is 10.6 Å². The minimum absolute atomic E-state index is 0. The Morgan fingerprint density at radius 2 is 0.714 bits per heavy atom. The molecule has 0 unspecified atom stereocenters. The third-order valence-corrected chi connectivity index (χ3v) is 0. The third kappa shape index (κ3) is 12900. The first-order valence-electron chi connectivity index (χ1n) is 1.79. The van der Waals surface area contributed by atoms with Crippen LogP contribution in [0.3, 0.4) is 0 Å². The third-order valence-electron chi connectivity index (χ3n) is 0. The van der Waals surface area contributed by atoms with Gasteiger partial charge in [-0.3, -0.25) is 0 Å². The fraction of sp³-hybridized carbons (Fsp3) is 1.00. The summed E-state index contributed by atoms with van der Waals surface area (Å²) in [7, 11) is 7.00. The molecule has 0 saturated heterocycles. The molecule has 0 saturated carbocycles. The summed E-state index contributed by atoms with van der Waals surface area (Å²) < 4.78 is 0. The molecule has 0 aromatic rings. The van der Waals surface area contributed by atoms with Crippen LogP contribution in [0.4, 0.5) is 0 Å². The number of hydrogen-bond donors (Lipinski definition) is 0. The van der Waals surface area contributed by atoms with Gasteiger partial charge in [-0.25, -0.2) is 0 Å². The summed E-state index contributed by atoms with van der Waals surface area (Å²) in [5.41, 5.74) is 0. The van der Waals surface area contributed by atoms with E-state index in [-0.39, 0.29) is 10.1 Å². The van der Waals surface area contributed by atoms with Crippen molar-refractivity contribution in [1.82, 2.24) is 0 Å². The first-order valence-corrected chi connectivity index (χ1v) is 1.79. The van der Waals surface area contributed by atoms with Crippen LogP contribution in [0.15, 0.2) is 0 Å². The summed E-state index contributed by atoms with van der Waals surface area (Å²) in [6, 6.07) is 0. The summed E-state index contributed by atoms with van der Waals surface area (Å²) in [5.74, 6) is 0. The zero-order chi connectivity index (χ0) is 5.41. The fourth-order valence-corrected chi connectivity index (χ4v) is 0. The van der Waals surface area contributed by atoms with Crippen molar-refractivity contribution in [3.63, 3.8) is 0 Å². The molecule has 0 aromatic carbocycles. The van der Waals surface area contributed by atoms with Gasteiger partial charge in [0.2, 0.25) is 0 Å². The Morgan fingerprint density at radius 1 is 0.714 bits per heavy atom. The van der Waals surface area contributed by atoms with Crippen LogP contribution in [0.1, 0.15) is 0 Å². The summed E-state index contributed by atoms with van der Waals surface area (Å²) >= 11 is 0. The predicted octanol–water partition coefficient (Wildman–Crippen LogP) is 0.859. The number of hydrogen-bond acceptors (Lipinski definition) is 0. The summed E-state index contributed by atoms with van der Waals surface area (Å²) in [5, 5.41) is 7.00. The second kappa shape index (κ2) is 36.1. The molecule has 0 fully saturated rings. The molecule has 3 heteroatoms. The molecule has 7 heavy (non-hydrogen) atoms. The van der Waals surface area contributed by atoms with Gasteiger partial charge < -0.3 is 10.6 Å². The summed E-state index contributed by atoms with van der Waals surface area (Å²) in [4.78, 5) is 0. The van der Waals surface area contributed by atoms with Crippen LogP contribution in [0, 0.1) is 0 Å². The maximum atomic E-state index is 3.50. The van der Waals surface area contributed by atoms with Gasteiger partial charge in [0.05, 0.1) is 0 Å². The second-order valence-corrected chi connectivity index (χ2v) is 0.894. The van der Waals surface area contributed by atoms with E-state index in [9.17, 15) is 0 Å². The van der Waals surface area contributed by atoms with Crippen molar-refractivity contribution >= 4 is 10.1 Å². The van der Waals surface area contributed by atoms with Gasteiger partial charge in [-0.2, -0.15) is 28.2 Å². The Kier molecular flexibility index (Phi) is 81.2. The average Bonchev–Trinajstić information content (AvgIpc) is 1.39. The van der Waals surface area contributed by atoms with E-state index in [4.69, 9.17) is 0 Å². The van der Waals surface area contributed by atoms with E-state index in [1.165, 1.54) is 0 Å². The van der Waals surface area contributed by atoms with E-state index in [1.807, 2.05) is 0 Å². The molecular formula is C4H12BeN2. The van der Waals surface area contributed by atoms with Gasteiger partial charge in [-0.15, -0.1) is 0 Å². The predicted molar refractivity (Wildman–Crippen MR) is 36.2 cm³/mol. The molecular weight excluding hydrogens is 85.1 g/mol. The molecule has 0 heterocycles. The quantitative estimate of drug-likeness (QED) is 0.401. The van der Waals surface area contributed by atoms with Crippen molar-refractivity contribution in [3.8, 4) is 0 Å². The minimum atomic E-state index is 0. The van der Waals surface area contributed by atoms with Gasteiger partial charge in [0.15, 0.2) is 0 Å². The number of rotatable bonds is 0. The maximum Gasteiger partial charge on any atom is 2.00 e. The molecule has 0 spiro atoms. The Morgan fingerprint density at radius 3 is 0.714 bits per heavy atom. The second-order valence-electron chi connectivity index (χ2n) is 0.894. The smallest absolute Gasteiger partial charge is 0.668 e. The zero-order valence-corrected chi connectivity index (χ0v) is 5.60. The fourth-order valence-electron chi connectivity index (χ4n) is 0. The van der Waals surface area contributed by atoms with Crippen LogP contribution in [-0.4, -0.2) is 38.3 Å². The van der Waals surface area contributed by atoms with Crippen molar-refractivity contribution in [2.24, 2.45) is 0 Å². The molecule has 0 N–H and O–H groups in total. The summed E-state index contributed by atoms with van der Waals surface area (Å²) in [6.07, 6.45) is 0. The molecule has 0 bridgehead atoms. The van der Waals surface area contributed by atoms with Crippen LogP contribution in [-0.2, 0) is 0 Å². The van der Waals surface area contributed by atoms with Crippen molar-refractivity contribution < 1.29 is 0 Å². The van der Waals surface area contributed by atoms with Crippen molar-refractivity contribution in [2.75, 3.05) is 28.2 Å². The van der Waals surface area contributed by atoms with Gasteiger partial charge >= 0.3 is 10.1 Å². The molecule has 40 valence electrons. The van der Waals surface area contributed by atoms with Crippen LogP contribution < -0.4 is 0 Å². The van der Waals surface area contributed by atoms with Crippen LogP contribution in [0.5, 0.6) is 0 Å². The summed E-state index contributed by atoms with van der Waals surface area (Å²) in [6.45, 7) is 0. The van der Waals surface area contributed by atoms with Gasteiger partial charge in [-0.1, -0.05) is 0 Å². The van der Waals surface area contributed by atoms with E-state index in [1.54, 1.807) is 28.2 Å². The Bertz CT molecular complexity index is 11.7. The van der Waals surface area contributed by atoms with E-state index in [0.29, 0.717) is 0 Å². The topological polar surface area (TPSA) is 28.2 Å². The van der Waals surface area contributed by atoms with Gasteiger partial charge in [0, 0.05) is 0 Å². The molecule has 0 rings (SSSR count). The van der Waals surface area contributed by atoms with Crippen LogP contribution >= 0.6 is 0 Å². The molecule has 0 aliphatic carbocycles. The standard InChI is InChI=1S/2C2H6N.Be/c2*1-3-2;/h2*1-2H3;/q2*-1;+2. The maximum absolute atomic E-state index is 3.50. The van der Waals surface area contributed by atoms with Gasteiger partial charge in [0.25, 0.3) is 0 Å². The number of nitrogens with zero attached hydrogens (tertiary/aromatic N) is 2. The Hall–Kier alpha value is 0.0888.